The lowest BCUT2D eigenvalue weighted by Gasteiger charge is -2.29. The van der Waals surface area contributed by atoms with E-state index in [2.05, 4.69) is 17.3 Å². The smallest absolute Gasteiger partial charge is 0.338 e. The fraction of sp³-hybridized carbons (Fsp3) is 0.562. The zero-order valence-electron chi connectivity index (χ0n) is 12.0. The van der Waals surface area contributed by atoms with Crippen LogP contribution in [0.5, 0.6) is 0 Å². The van der Waals surface area contributed by atoms with Crippen LogP contribution in [-0.2, 0) is 11.2 Å². The Kier molecular flexibility index (Phi) is 3.92. The van der Waals surface area contributed by atoms with E-state index in [1.54, 1.807) is 0 Å². The molecule has 1 aromatic rings. The molecule has 0 atom stereocenters. The number of nitrogens with one attached hydrogen (secondary N) is 1. The standard InChI is InChI=1S/C16H22N2O2/c1-18-10-7-12(8-11-18)20-16(19)14-4-2-6-15-13(14)5-3-9-17-15/h2,4,6,12,17H,3,5,7-11H2,1H3. The molecule has 20 heavy (non-hydrogen) atoms. The summed E-state index contributed by atoms with van der Waals surface area (Å²) in [6.07, 6.45) is 3.99. The second-order valence-electron chi connectivity index (χ2n) is 5.77. The van der Waals surface area contributed by atoms with Crippen LogP contribution in [0.25, 0.3) is 0 Å². The van der Waals surface area contributed by atoms with Crippen LogP contribution in [0.15, 0.2) is 18.2 Å². The predicted molar refractivity (Wildman–Crippen MR) is 79.2 cm³/mol. The van der Waals surface area contributed by atoms with E-state index >= 15 is 0 Å². The number of esters is 1. The Hall–Kier alpha value is -1.55. The Bertz CT molecular complexity index is 493. The Morgan fingerprint density at radius 3 is 2.95 bits per heavy atom. The van der Waals surface area contributed by atoms with Crippen LogP contribution in [0.1, 0.15) is 35.2 Å². The average Bonchev–Trinajstić information content (AvgIpc) is 2.49. The lowest BCUT2D eigenvalue weighted by Crippen LogP contribution is -2.35. The van der Waals surface area contributed by atoms with E-state index in [1.807, 2.05) is 18.2 Å². The van der Waals surface area contributed by atoms with Crippen LogP contribution in [-0.4, -0.2) is 43.7 Å². The third-order valence-electron chi connectivity index (χ3n) is 4.25. The summed E-state index contributed by atoms with van der Waals surface area (Å²) in [5.41, 5.74) is 2.96. The molecule has 1 N–H and O–H groups in total. The summed E-state index contributed by atoms with van der Waals surface area (Å²) < 4.78 is 5.70. The summed E-state index contributed by atoms with van der Waals surface area (Å²) in [4.78, 5) is 14.7. The molecular formula is C16H22N2O2. The van der Waals surface area contributed by atoms with Crippen molar-refractivity contribution in [3.8, 4) is 0 Å². The zero-order valence-corrected chi connectivity index (χ0v) is 12.0. The summed E-state index contributed by atoms with van der Waals surface area (Å²) in [5, 5.41) is 3.35. The van der Waals surface area contributed by atoms with Gasteiger partial charge in [0.15, 0.2) is 0 Å². The number of rotatable bonds is 2. The number of fused-ring (bicyclic) bond motifs is 1. The summed E-state index contributed by atoms with van der Waals surface area (Å²) in [6.45, 7) is 3.00. The average molecular weight is 274 g/mol. The Balaban J connectivity index is 1.71. The van der Waals surface area contributed by atoms with Gasteiger partial charge >= 0.3 is 5.97 Å². The van der Waals surface area contributed by atoms with Crippen molar-refractivity contribution < 1.29 is 9.53 Å². The van der Waals surface area contributed by atoms with E-state index in [0.717, 1.165) is 62.1 Å². The van der Waals surface area contributed by atoms with Crippen LogP contribution >= 0.6 is 0 Å². The van der Waals surface area contributed by atoms with Crippen LogP contribution in [0, 0.1) is 0 Å². The van der Waals surface area contributed by atoms with Gasteiger partial charge in [0, 0.05) is 25.3 Å². The predicted octanol–water partition coefficient (Wildman–Crippen LogP) is 2.30. The van der Waals surface area contributed by atoms with Crippen molar-refractivity contribution >= 4 is 11.7 Å². The van der Waals surface area contributed by atoms with Crippen molar-refractivity contribution in [1.29, 1.82) is 0 Å². The molecule has 0 aromatic heterocycles. The first-order chi connectivity index (χ1) is 9.74. The minimum Gasteiger partial charge on any atom is -0.459 e. The van der Waals surface area contributed by atoms with Gasteiger partial charge in [-0.1, -0.05) is 6.07 Å². The van der Waals surface area contributed by atoms with Crippen molar-refractivity contribution in [3.05, 3.63) is 29.3 Å². The fourth-order valence-corrected chi connectivity index (χ4v) is 3.02. The SMILES string of the molecule is CN1CCC(OC(=O)c2cccc3c2CCCN3)CC1. The molecule has 4 heteroatoms. The highest BCUT2D eigenvalue weighted by Gasteiger charge is 2.23. The van der Waals surface area contributed by atoms with E-state index in [9.17, 15) is 4.79 Å². The Morgan fingerprint density at radius 2 is 2.15 bits per heavy atom. The number of carbonyl (C=O) groups is 1. The molecule has 2 aliphatic rings. The molecule has 1 fully saturated rings. The minimum atomic E-state index is -0.153. The highest BCUT2D eigenvalue weighted by atomic mass is 16.5. The third-order valence-corrected chi connectivity index (χ3v) is 4.25. The lowest BCUT2D eigenvalue weighted by molar-refractivity contribution is 0.0138. The van der Waals surface area contributed by atoms with Gasteiger partial charge in [0.25, 0.3) is 0 Å². The zero-order chi connectivity index (χ0) is 13.9. The van der Waals surface area contributed by atoms with Gasteiger partial charge in [0.05, 0.1) is 5.56 Å². The maximum Gasteiger partial charge on any atom is 0.338 e. The van der Waals surface area contributed by atoms with Crippen molar-refractivity contribution in [3.63, 3.8) is 0 Å². The monoisotopic (exact) mass is 274 g/mol. The molecule has 0 radical (unpaired) electrons. The second kappa shape index (κ2) is 5.83. The first-order valence-electron chi connectivity index (χ1n) is 7.49. The topological polar surface area (TPSA) is 41.6 Å². The molecule has 2 heterocycles. The largest absolute Gasteiger partial charge is 0.459 e. The van der Waals surface area contributed by atoms with Crippen LogP contribution in [0.3, 0.4) is 0 Å². The molecule has 0 unspecified atom stereocenters. The highest BCUT2D eigenvalue weighted by Crippen LogP contribution is 2.26. The molecule has 0 spiro atoms. The molecule has 108 valence electrons. The van der Waals surface area contributed by atoms with E-state index in [0.29, 0.717) is 0 Å². The first-order valence-corrected chi connectivity index (χ1v) is 7.49. The van der Waals surface area contributed by atoms with Crippen LogP contribution in [0.2, 0.25) is 0 Å². The molecule has 0 aliphatic carbocycles. The van der Waals surface area contributed by atoms with Gasteiger partial charge in [0.1, 0.15) is 6.10 Å². The number of ether oxygens (including phenoxy) is 1. The quantitative estimate of drug-likeness (QED) is 0.840. The van der Waals surface area contributed by atoms with E-state index < -0.39 is 0 Å². The minimum absolute atomic E-state index is 0.0751. The number of hydrogen-bond acceptors (Lipinski definition) is 4. The third kappa shape index (κ3) is 2.80. The van der Waals surface area contributed by atoms with E-state index in [-0.39, 0.29) is 12.1 Å². The molecule has 4 nitrogen and oxygen atoms in total. The van der Waals surface area contributed by atoms with E-state index in [4.69, 9.17) is 4.74 Å². The van der Waals surface area contributed by atoms with Gasteiger partial charge in [-0.25, -0.2) is 4.79 Å². The van der Waals surface area contributed by atoms with Gasteiger partial charge in [-0.05, 0) is 50.4 Å². The molecule has 1 saturated heterocycles. The molecular weight excluding hydrogens is 252 g/mol. The molecule has 3 rings (SSSR count). The summed E-state index contributed by atoms with van der Waals surface area (Å²) in [6, 6.07) is 5.87. The Labute approximate surface area is 120 Å². The fourth-order valence-electron chi connectivity index (χ4n) is 3.02. The second-order valence-corrected chi connectivity index (χ2v) is 5.77. The van der Waals surface area contributed by atoms with E-state index in [1.165, 1.54) is 0 Å². The van der Waals surface area contributed by atoms with Crippen molar-refractivity contribution in [2.45, 2.75) is 31.8 Å². The maximum atomic E-state index is 12.4. The lowest BCUT2D eigenvalue weighted by atomic mass is 9.97. The molecule has 2 aliphatic heterocycles. The first kappa shape index (κ1) is 13.4. The van der Waals surface area contributed by atoms with Crippen molar-refractivity contribution in [2.24, 2.45) is 0 Å². The highest BCUT2D eigenvalue weighted by molar-refractivity contribution is 5.93. The van der Waals surface area contributed by atoms with Gasteiger partial charge in [-0.2, -0.15) is 0 Å². The van der Waals surface area contributed by atoms with Crippen LogP contribution in [0.4, 0.5) is 5.69 Å². The molecule has 0 bridgehead atoms. The molecule has 0 saturated carbocycles. The van der Waals surface area contributed by atoms with Crippen LogP contribution < -0.4 is 5.32 Å². The number of benzene rings is 1. The molecule has 1 aromatic carbocycles. The number of nitrogens with zero attached hydrogens (tertiary/aromatic N) is 1. The van der Waals surface area contributed by atoms with Gasteiger partial charge in [0.2, 0.25) is 0 Å². The number of carbonyl (C=O) groups excluding carboxylic acids is 1. The number of anilines is 1. The number of likely N-dealkylation sites (tertiary alicyclic amines) is 1. The van der Waals surface area contributed by atoms with Crippen molar-refractivity contribution in [2.75, 3.05) is 32.0 Å². The summed E-state index contributed by atoms with van der Waals surface area (Å²) in [7, 11) is 2.11. The summed E-state index contributed by atoms with van der Waals surface area (Å²) >= 11 is 0. The maximum absolute atomic E-state index is 12.4. The van der Waals surface area contributed by atoms with Gasteiger partial charge in [-0.3, -0.25) is 0 Å². The number of piperidine rings is 1. The Morgan fingerprint density at radius 1 is 1.35 bits per heavy atom. The normalized spacial score (nSPS) is 20.1. The summed E-state index contributed by atoms with van der Waals surface area (Å²) in [5.74, 6) is -0.153. The van der Waals surface area contributed by atoms with Gasteiger partial charge < -0.3 is 15.0 Å². The van der Waals surface area contributed by atoms with Gasteiger partial charge in [-0.15, -0.1) is 0 Å². The number of hydrogen-bond donors (Lipinski definition) is 1. The van der Waals surface area contributed by atoms with Crippen molar-refractivity contribution in [1.82, 2.24) is 4.90 Å². The molecule has 0 amide bonds.